The van der Waals surface area contributed by atoms with Crippen LogP contribution in [-0.2, 0) is 0 Å². The monoisotopic (exact) mass is 157 g/mol. The molecule has 0 unspecified atom stereocenters. The Kier molecular flexibility index (Phi) is 5.94. The number of nitrogens with zero attached hydrogens (tertiary/aromatic N) is 1. The van der Waals surface area contributed by atoms with Crippen molar-refractivity contribution < 1.29 is 5.11 Å². The third-order valence-corrected chi connectivity index (χ3v) is 1.57. The number of unbranched alkanes of at least 4 members (excludes halogenated alkanes) is 2. The van der Waals surface area contributed by atoms with Crippen LogP contribution < -0.4 is 0 Å². The molecule has 0 amide bonds. The Balaban J connectivity index is 2.97. The second-order valence-electron chi connectivity index (χ2n) is 3.18. The highest BCUT2D eigenvalue weighted by molar-refractivity contribution is 4.77. The third-order valence-electron chi connectivity index (χ3n) is 1.57. The smallest absolute Gasteiger partial charge is 0.0851 e. The van der Waals surface area contributed by atoms with Gasteiger partial charge in [0.1, 0.15) is 0 Å². The van der Waals surface area contributed by atoms with Crippen molar-refractivity contribution in [3.05, 3.63) is 12.3 Å². The van der Waals surface area contributed by atoms with E-state index in [9.17, 15) is 0 Å². The Morgan fingerprint density at radius 3 is 2.36 bits per heavy atom. The molecular weight excluding hydrogens is 138 g/mol. The van der Waals surface area contributed by atoms with Gasteiger partial charge in [-0.1, -0.05) is 13.0 Å². The summed E-state index contributed by atoms with van der Waals surface area (Å²) in [5, 5.41) is 8.76. The number of aliphatic hydroxyl groups excluding tert-OH is 1. The molecule has 0 aromatic carbocycles. The van der Waals surface area contributed by atoms with Crippen molar-refractivity contribution >= 4 is 0 Å². The van der Waals surface area contributed by atoms with Gasteiger partial charge < -0.3 is 10.0 Å². The zero-order chi connectivity index (χ0) is 8.69. The molecule has 0 aromatic rings. The molecule has 0 aliphatic rings. The van der Waals surface area contributed by atoms with Crippen LogP contribution in [0.4, 0.5) is 0 Å². The molecule has 1 N–H and O–H groups in total. The fourth-order valence-corrected chi connectivity index (χ4v) is 0.934. The standard InChI is InChI=1S/C9H19NO/c1-9(11)7-5-4-6-8-10(2)3/h11H,1,4-8H2,2-3H3. The van der Waals surface area contributed by atoms with E-state index in [4.69, 9.17) is 5.11 Å². The van der Waals surface area contributed by atoms with Gasteiger partial charge in [0.15, 0.2) is 0 Å². The van der Waals surface area contributed by atoms with Gasteiger partial charge in [0.25, 0.3) is 0 Å². The summed E-state index contributed by atoms with van der Waals surface area (Å²) in [6.45, 7) is 4.57. The Morgan fingerprint density at radius 1 is 1.27 bits per heavy atom. The Labute approximate surface area is 69.5 Å². The SMILES string of the molecule is C=C(O)CCCCCN(C)C. The Morgan fingerprint density at radius 2 is 1.91 bits per heavy atom. The van der Waals surface area contributed by atoms with Crippen molar-refractivity contribution in [2.75, 3.05) is 20.6 Å². The van der Waals surface area contributed by atoms with Crippen molar-refractivity contribution in [3.8, 4) is 0 Å². The lowest BCUT2D eigenvalue weighted by Gasteiger charge is -2.07. The van der Waals surface area contributed by atoms with Crippen LogP contribution in [0.1, 0.15) is 25.7 Å². The van der Waals surface area contributed by atoms with E-state index >= 15 is 0 Å². The van der Waals surface area contributed by atoms with Gasteiger partial charge in [0.2, 0.25) is 0 Å². The highest BCUT2D eigenvalue weighted by Gasteiger charge is 1.92. The summed E-state index contributed by atoms with van der Waals surface area (Å²) >= 11 is 0. The highest BCUT2D eigenvalue weighted by Crippen LogP contribution is 2.04. The highest BCUT2D eigenvalue weighted by atomic mass is 16.3. The molecular formula is C9H19NO. The first kappa shape index (κ1) is 10.5. The lowest BCUT2D eigenvalue weighted by molar-refractivity contribution is 0.369. The maximum Gasteiger partial charge on any atom is 0.0851 e. The van der Waals surface area contributed by atoms with Gasteiger partial charge in [0, 0.05) is 6.42 Å². The molecule has 0 fully saturated rings. The minimum atomic E-state index is 0.315. The summed E-state index contributed by atoms with van der Waals surface area (Å²) in [7, 11) is 4.15. The lowest BCUT2D eigenvalue weighted by Crippen LogP contribution is -2.12. The largest absolute Gasteiger partial charge is 0.513 e. The third kappa shape index (κ3) is 9.50. The summed E-state index contributed by atoms with van der Waals surface area (Å²) in [5.74, 6) is 0.315. The molecule has 0 saturated carbocycles. The van der Waals surface area contributed by atoms with Crippen LogP contribution in [-0.4, -0.2) is 30.6 Å². The average molecular weight is 157 g/mol. The summed E-state index contributed by atoms with van der Waals surface area (Å²) in [6, 6.07) is 0. The van der Waals surface area contributed by atoms with Crippen molar-refractivity contribution in [1.29, 1.82) is 0 Å². The molecule has 0 bridgehead atoms. The maximum absolute atomic E-state index is 8.76. The molecule has 0 aromatic heterocycles. The minimum absolute atomic E-state index is 0.315. The fraction of sp³-hybridized carbons (Fsp3) is 0.778. The molecule has 2 heteroatoms. The summed E-state index contributed by atoms with van der Waals surface area (Å²) in [5.41, 5.74) is 0. The van der Waals surface area contributed by atoms with E-state index < -0.39 is 0 Å². The van der Waals surface area contributed by atoms with Crippen LogP contribution in [0.5, 0.6) is 0 Å². The van der Waals surface area contributed by atoms with E-state index in [1.807, 2.05) is 0 Å². The molecule has 0 radical (unpaired) electrons. The predicted octanol–water partition coefficient (Wildman–Crippen LogP) is 2.18. The van der Waals surface area contributed by atoms with Gasteiger partial charge in [-0.25, -0.2) is 0 Å². The topological polar surface area (TPSA) is 23.5 Å². The molecule has 0 spiro atoms. The van der Waals surface area contributed by atoms with E-state index in [-0.39, 0.29) is 0 Å². The van der Waals surface area contributed by atoms with Gasteiger partial charge in [-0.05, 0) is 33.5 Å². The summed E-state index contributed by atoms with van der Waals surface area (Å²) < 4.78 is 0. The van der Waals surface area contributed by atoms with Crippen LogP contribution in [0.2, 0.25) is 0 Å². The molecule has 2 nitrogen and oxygen atoms in total. The van der Waals surface area contributed by atoms with Crippen LogP contribution in [0.15, 0.2) is 12.3 Å². The van der Waals surface area contributed by atoms with E-state index in [1.165, 1.54) is 12.8 Å². The van der Waals surface area contributed by atoms with Crippen LogP contribution in [0.3, 0.4) is 0 Å². The first-order chi connectivity index (χ1) is 5.13. The first-order valence-corrected chi connectivity index (χ1v) is 4.14. The summed E-state index contributed by atoms with van der Waals surface area (Å²) in [4.78, 5) is 2.17. The van der Waals surface area contributed by atoms with Gasteiger partial charge in [-0.2, -0.15) is 0 Å². The number of aliphatic hydroxyl groups is 1. The van der Waals surface area contributed by atoms with Crippen LogP contribution in [0.25, 0.3) is 0 Å². The Bertz CT molecular complexity index is 110. The molecule has 66 valence electrons. The molecule has 0 saturated heterocycles. The van der Waals surface area contributed by atoms with Crippen molar-refractivity contribution in [1.82, 2.24) is 4.90 Å². The second kappa shape index (κ2) is 6.23. The first-order valence-electron chi connectivity index (χ1n) is 4.14. The molecule has 0 heterocycles. The van der Waals surface area contributed by atoms with Crippen molar-refractivity contribution in [2.45, 2.75) is 25.7 Å². The van der Waals surface area contributed by atoms with E-state index in [1.54, 1.807) is 0 Å². The predicted molar refractivity (Wildman–Crippen MR) is 48.8 cm³/mol. The lowest BCUT2D eigenvalue weighted by atomic mass is 10.2. The fourth-order valence-electron chi connectivity index (χ4n) is 0.934. The second-order valence-corrected chi connectivity index (χ2v) is 3.18. The number of hydrogen-bond donors (Lipinski definition) is 1. The van der Waals surface area contributed by atoms with Crippen molar-refractivity contribution in [3.63, 3.8) is 0 Å². The van der Waals surface area contributed by atoms with Crippen LogP contribution in [0, 0.1) is 0 Å². The number of allylic oxidation sites excluding steroid dienone is 1. The van der Waals surface area contributed by atoms with Gasteiger partial charge >= 0.3 is 0 Å². The van der Waals surface area contributed by atoms with Crippen molar-refractivity contribution in [2.24, 2.45) is 0 Å². The zero-order valence-electron chi connectivity index (χ0n) is 7.64. The van der Waals surface area contributed by atoms with Gasteiger partial charge in [-0.3, -0.25) is 0 Å². The minimum Gasteiger partial charge on any atom is -0.513 e. The van der Waals surface area contributed by atoms with Crippen LogP contribution >= 0.6 is 0 Å². The summed E-state index contributed by atoms with van der Waals surface area (Å²) in [6.07, 6.45) is 4.20. The number of rotatable bonds is 6. The molecule has 0 atom stereocenters. The molecule has 0 aliphatic carbocycles. The zero-order valence-corrected chi connectivity index (χ0v) is 7.64. The Hall–Kier alpha value is -0.500. The number of hydrogen-bond acceptors (Lipinski definition) is 2. The molecule has 0 rings (SSSR count). The molecule has 0 aliphatic heterocycles. The normalized spacial score (nSPS) is 10.5. The van der Waals surface area contributed by atoms with Gasteiger partial charge in [0.05, 0.1) is 5.76 Å². The van der Waals surface area contributed by atoms with E-state index in [2.05, 4.69) is 25.6 Å². The van der Waals surface area contributed by atoms with E-state index in [0.29, 0.717) is 5.76 Å². The van der Waals surface area contributed by atoms with E-state index in [0.717, 1.165) is 19.4 Å². The van der Waals surface area contributed by atoms with Gasteiger partial charge in [-0.15, -0.1) is 0 Å². The quantitative estimate of drug-likeness (QED) is 0.472. The average Bonchev–Trinajstić information content (AvgIpc) is 1.85. The maximum atomic E-state index is 8.76. The molecule has 11 heavy (non-hydrogen) atoms.